The Kier molecular flexibility index (Phi) is 18.9. The van der Waals surface area contributed by atoms with E-state index >= 15 is 0 Å². The number of nitrogens with zero attached hydrogens (tertiary/aromatic N) is 1. The molecule has 2 saturated carbocycles. The summed E-state index contributed by atoms with van der Waals surface area (Å²) in [6.07, 6.45) is 40.6. The Bertz CT molecular complexity index is 701. The minimum atomic E-state index is 0.506. The average molecular weight is 574 g/mol. The van der Waals surface area contributed by atoms with Crippen molar-refractivity contribution in [3.05, 3.63) is 16.1 Å². The van der Waals surface area contributed by atoms with Gasteiger partial charge in [-0.25, -0.2) is 4.98 Å². The average Bonchev–Trinajstić information content (AvgIpc) is 3.48. The topological polar surface area (TPSA) is 22.1 Å². The van der Waals surface area contributed by atoms with Gasteiger partial charge in [-0.3, -0.25) is 0 Å². The second kappa shape index (κ2) is 22.2. The lowest BCUT2D eigenvalue weighted by Crippen LogP contribution is -2.21. The van der Waals surface area contributed by atoms with E-state index in [2.05, 4.69) is 31.4 Å². The Labute approximate surface area is 254 Å². The molecule has 2 fully saturated rings. The molecule has 0 bridgehead atoms. The third-order valence-corrected chi connectivity index (χ3v) is 11.5. The highest BCUT2D eigenvalue weighted by Gasteiger charge is 2.27. The van der Waals surface area contributed by atoms with Gasteiger partial charge in [-0.1, -0.05) is 129 Å². The lowest BCUT2D eigenvalue weighted by Gasteiger charge is -2.28. The van der Waals surface area contributed by atoms with Crippen LogP contribution in [0.2, 0.25) is 0 Å². The van der Waals surface area contributed by atoms with Crippen molar-refractivity contribution in [2.45, 2.75) is 205 Å². The van der Waals surface area contributed by atoms with Crippen LogP contribution in [0.3, 0.4) is 0 Å². The molecule has 0 aliphatic heterocycles. The van der Waals surface area contributed by atoms with Crippen molar-refractivity contribution in [2.24, 2.45) is 5.92 Å². The summed E-state index contributed by atoms with van der Waals surface area (Å²) in [5.74, 6) is 2.48. The first-order valence-corrected chi connectivity index (χ1v) is 19.2. The zero-order valence-electron chi connectivity index (χ0n) is 26.9. The van der Waals surface area contributed by atoms with Crippen LogP contribution in [0.15, 0.2) is 6.20 Å². The normalized spacial score (nSPS) is 23.6. The van der Waals surface area contributed by atoms with Gasteiger partial charge in [0.2, 0.25) is 0 Å². The Hall–Kier alpha value is -0.410. The molecular weight excluding hydrogens is 506 g/mol. The van der Waals surface area contributed by atoms with Crippen LogP contribution < -0.4 is 0 Å². The smallest absolute Gasteiger partial charge is 0.0958 e. The van der Waals surface area contributed by atoms with Crippen LogP contribution in [-0.4, -0.2) is 17.7 Å². The zero-order chi connectivity index (χ0) is 28.1. The Morgan fingerprint density at radius 3 is 1.68 bits per heavy atom. The van der Waals surface area contributed by atoms with Crippen molar-refractivity contribution in [1.29, 1.82) is 0 Å². The van der Waals surface area contributed by atoms with E-state index in [4.69, 9.17) is 9.72 Å². The van der Waals surface area contributed by atoms with E-state index in [-0.39, 0.29) is 0 Å². The SMILES string of the molecule is CCCCCCCCCCCCC1CCC(c2cnc(C3CCC(OCCCCCCCCCC)CC3)s2)CC1. The molecule has 0 N–H and O–H groups in total. The number of hydrogen-bond acceptors (Lipinski definition) is 3. The van der Waals surface area contributed by atoms with E-state index < -0.39 is 0 Å². The van der Waals surface area contributed by atoms with Gasteiger partial charge in [-0.05, 0) is 69.6 Å². The standard InChI is InChI=1S/C37H67NOS/c1-3-5-7-9-11-13-14-15-17-19-21-32-22-24-33(25-23-32)36-31-38-37(40-36)34-26-28-35(29-27-34)39-30-20-18-16-12-10-8-6-4-2/h31-35H,3-30H2,1-2H3. The van der Waals surface area contributed by atoms with Crippen LogP contribution in [0.5, 0.6) is 0 Å². The molecule has 1 aromatic heterocycles. The van der Waals surface area contributed by atoms with E-state index in [1.165, 1.54) is 178 Å². The number of rotatable bonds is 23. The van der Waals surface area contributed by atoms with Gasteiger partial charge >= 0.3 is 0 Å². The van der Waals surface area contributed by atoms with E-state index in [0.29, 0.717) is 12.0 Å². The van der Waals surface area contributed by atoms with Gasteiger partial charge in [0, 0.05) is 23.6 Å². The number of aromatic nitrogens is 1. The van der Waals surface area contributed by atoms with Crippen LogP contribution in [0.1, 0.15) is 209 Å². The highest BCUT2D eigenvalue weighted by atomic mass is 32.1. The van der Waals surface area contributed by atoms with Crippen molar-refractivity contribution in [1.82, 2.24) is 4.98 Å². The fraction of sp³-hybridized carbons (Fsp3) is 0.919. The molecule has 0 spiro atoms. The maximum Gasteiger partial charge on any atom is 0.0958 e. The van der Waals surface area contributed by atoms with Gasteiger partial charge in [0.1, 0.15) is 0 Å². The molecule has 2 aliphatic carbocycles. The van der Waals surface area contributed by atoms with Crippen molar-refractivity contribution in [3.8, 4) is 0 Å². The summed E-state index contributed by atoms with van der Waals surface area (Å²) < 4.78 is 6.27. The number of ether oxygens (including phenoxy) is 1. The van der Waals surface area contributed by atoms with Gasteiger partial charge < -0.3 is 4.74 Å². The largest absolute Gasteiger partial charge is 0.378 e. The van der Waals surface area contributed by atoms with Crippen LogP contribution in [0.25, 0.3) is 0 Å². The van der Waals surface area contributed by atoms with Crippen LogP contribution in [-0.2, 0) is 4.74 Å². The van der Waals surface area contributed by atoms with Crippen LogP contribution >= 0.6 is 11.3 Å². The minimum absolute atomic E-state index is 0.506. The molecule has 0 amide bonds. The minimum Gasteiger partial charge on any atom is -0.378 e. The molecule has 3 heteroatoms. The maximum absolute atomic E-state index is 6.27. The highest BCUT2D eigenvalue weighted by molar-refractivity contribution is 7.11. The fourth-order valence-electron chi connectivity index (χ4n) is 7.30. The Balaban J connectivity index is 1.18. The summed E-state index contributed by atoms with van der Waals surface area (Å²) in [5.41, 5.74) is 0. The number of hydrogen-bond donors (Lipinski definition) is 0. The van der Waals surface area contributed by atoms with Crippen molar-refractivity contribution < 1.29 is 4.74 Å². The lowest BCUT2D eigenvalue weighted by molar-refractivity contribution is 0.0226. The Morgan fingerprint density at radius 1 is 0.600 bits per heavy atom. The first kappa shape index (κ1) is 34.1. The monoisotopic (exact) mass is 573 g/mol. The zero-order valence-corrected chi connectivity index (χ0v) is 27.8. The Morgan fingerprint density at radius 2 is 1.10 bits per heavy atom. The first-order chi connectivity index (χ1) is 19.8. The summed E-state index contributed by atoms with van der Waals surface area (Å²) in [5, 5.41) is 1.43. The maximum atomic E-state index is 6.27. The summed E-state index contributed by atoms with van der Waals surface area (Å²) in [6.45, 7) is 5.58. The second-order valence-corrected chi connectivity index (χ2v) is 14.7. The third kappa shape index (κ3) is 14.2. The van der Waals surface area contributed by atoms with Gasteiger partial charge in [-0.15, -0.1) is 11.3 Å². The predicted octanol–water partition coefficient (Wildman–Crippen LogP) is 12.9. The molecule has 40 heavy (non-hydrogen) atoms. The molecule has 0 radical (unpaired) electrons. The molecule has 2 nitrogen and oxygen atoms in total. The molecule has 2 aliphatic rings. The van der Waals surface area contributed by atoms with E-state index in [1.54, 1.807) is 4.88 Å². The van der Waals surface area contributed by atoms with Crippen molar-refractivity contribution >= 4 is 11.3 Å². The van der Waals surface area contributed by atoms with Gasteiger partial charge in [0.25, 0.3) is 0 Å². The summed E-state index contributed by atoms with van der Waals surface area (Å²) in [4.78, 5) is 6.56. The molecule has 0 unspecified atom stereocenters. The van der Waals surface area contributed by atoms with Gasteiger partial charge in [0.05, 0.1) is 11.1 Å². The van der Waals surface area contributed by atoms with E-state index in [9.17, 15) is 0 Å². The molecule has 232 valence electrons. The quantitative estimate of drug-likeness (QED) is 0.121. The number of thiazole rings is 1. The van der Waals surface area contributed by atoms with Gasteiger partial charge in [0.15, 0.2) is 0 Å². The van der Waals surface area contributed by atoms with Crippen LogP contribution in [0, 0.1) is 5.92 Å². The fourth-order valence-corrected chi connectivity index (χ4v) is 8.55. The van der Waals surface area contributed by atoms with Crippen LogP contribution in [0.4, 0.5) is 0 Å². The predicted molar refractivity (Wildman–Crippen MR) is 177 cm³/mol. The third-order valence-electron chi connectivity index (χ3n) is 10.1. The molecule has 1 aromatic rings. The molecule has 0 aromatic carbocycles. The highest BCUT2D eigenvalue weighted by Crippen LogP contribution is 2.42. The second-order valence-electron chi connectivity index (χ2n) is 13.6. The number of unbranched alkanes of at least 4 members (excludes halogenated alkanes) is 16. The first-order valence-electron chi connectivity index (χ1n) is 18.4. The van der Waals surface area contributed by atoms with E-state index in [0.717, 1.165) is 18.4 Å². The summed E-state index contributed by atoms with van der Waals surface area (Å²) in [6, 6.07) is 0. The van der Waals surface area contributed by atoms with E-state index in [1.807, 2.05) is 0 Å². The summed E-state index contributed by atoms with van der Waals surface area (Å²) in [7, 11) is 0. The molecule has 0 atom stereocenters. The van der Waals surface area contributed by atoms with Crippen molar-refractivity contribution in [3.63, 3.8) is 0 Å². The molecule has 1 heterocycles. The lowest BCUT2D eigenvalue weighted by atomic mass is 9.79. The van der Waals surface area contributed by atoms with Gasteiger partial charge in [-0.2, -0.15) is 0 Å². The van der Waals surface area contributed by atoms with Crippen molar-refractivity contribution in [2.75, 3.05) is 6.61 Å². The molecule has 0 saturated heterocycles. The molecule has 3 rings (SSSR count). The summed E-state index contributed by atoms with van der Waals surface area (Å²) >= 11 is 2.07. The molecular formula is C37H67NOS.